The predicted octanol–water partition coefficient (Wildman–Crippen LogP) is 1.38. The Bertz CT molecular complexity index is 420. The van der Waals surface area contributed by atoms with Crippen molar-refractivity contribution < 1.29 is 9.90 Å². The van der Waals surface area contributed by atoms with Gasteiger partial charge in [0, 0.05) is 38.4 Å². The first-order valence-electron chi connectivity index (χ1n) is 6.85. The highest BCUT2D eigenvalue weighted by Crippen LogP contribution is 2.24. The lowest BCUT2D eigenvalue weighted by Gasteiger charge is -2.33. The van der Waals surface area contributed by atoms with Gasteiger partial charge >= 0.3 is 5.97 Å². The number of likely N-dealkylation sites (N-methyl/N-ethyl adjacent to an activating group) is 1. The van der Waals surface area contributed by atoms with E-state index in [0.717, 1.165) is 39.0 Å². The second-order valence-corrected chi connectivity index (χ2v) is 5.48. The van der Waals surface area contributed by atoms with E-state index in [-0.39, 0.29) is 0 Å². The summed E-state index contributed by atoms with van der Waals surface area (Å²) < 4.78 is 1.92. The lowest BCUT2D eigenvalue weighted by atomic mass is 10.0. The number of aromatic nitrogens is 1. The Balaban J connectivity index is 1.89. The van der Waals surface area contributed by atoms with E-state index in [2.05, 4.69) is 23.9 Å². The minimum absolute atomic E-state index is 0.330. The molecule has 106 valence electrons. The van der Waals surface area contributed by atoms with Crippen molar-refractivity contribution in [2.24, 2.45) is 0 Å². The van der Waals surface area contributed by atoms with Crippen LogP contribution in [0.1, 0.15) is 29.4 Å². The van der Waals surface area contributed by atoms with Gasteiger partial charge in [0.25, 0.3) is 0 Å². The summed E-state index contributed by atoms with van der Waals surface area (Å²) in [6, 6.07) is 3.83. The monoisotopic (exact) mass is 265 g/mol. The van der Waals surface area contributed by atoms with E-state index in [1.54, 1.807) is 6.07 Å². The normalized spacial score (nSPS) is 18.1. The van der Waals surface area contributed by atoms with Gasteiger partial charge in [0.05, 0.1) is 0 Å². The van der Waals surface area contributed by atoms with Crippen LogP contribution in [0.15, 0.2) is 18.3 Å². The first-order valence-corrected chi connectivity index (χ1v) is 6.85. The third-order valence-electron chi connectivity index (χ3n) is 3.81. The summed E-state index contributed by atoms with van der Waals surface area (Å²) in [6.07, 6.45) is 3.95. The van der Waals surface area contributed by atoms with Crippen molar-refractivity contribution in [3.63, 3.8) is 0 Å². The summed E-state index contributed by atoms with van der Waals surface area (Å²) >= 11 is 0. The SMILES string of the molecule is CN(C)CCN1CCC(n2cccc2C(=O)O)CC1. The fourth-order valence-corrected chi connectivity index (χ4v) is 2.66. The molecule has 0 atom stereocenters. The summed E-state index contributed by atoms with van der Waals surface area (Å²) in [6.45, 7) is 4.28. The summed E-state index contributed by atoms with van der Waals surface area (Å²) in [5, 5.41) is 9.15. The zero-order chi connectivity index (χ0) is 13.8. The maximum Gasteiger partial charge on any atom is 0.352 e. The zero-order valence-corrected chi connectivity index (χ0v) is 11.7. The van der Waals surface area contributed by atoms with Gasteiger partial charge in [-0.25, -0.2) is 4.79 Å². The third-order valence-corrected chi connectivity index (χ3v) is 3.81. The zero-order valence-electron chi connectivity index (χ0n) is 11.7. The highest BCUT2D eigenvalue weighted by atomic mass is 16.4. The van der Waals surface area contributed by atoms with Crippen LogP contribution < -0.4 is 0 Å². The van der Waals surface area contributed by atoms with Crippen LogP contribution in [0.2, 0.25) is 0 Å². The number of rotatable bonds is 5. The third kappa shape index (κ3) is 3.58. The Morgan fingerprint density at radius 3 is 2.68 bits per heavy atom. The van der Waals surface area contributed by atoms with E-state index in [4.69, 9.17) is 5.11 Å². The summed E-state index contributed by atoms with van der Waals surface area (Å²) in [5.41, 5.74) is 0.409. The van der Waals surface area contributed by atoms with Crippen molar-refractivity contribution in [2.75, 3.05) is 40.3 Å². The highest BCUT2D eigenvalue weighted by molar-refractivity contribution is 5.85. The Labute approximate surface area is 114 Å². The maximum absolute atomic E-state index is 11.1. The van der Waals surface area contributed by atoms with Crippen molar-refractivity contribution in [1.82, 2.24) is 14.4 Å². The molecule has 0 aromatic carbocycles. The first kappa shape index (κ1) is 14.1. The number of carboxylic acid groups (broad SMARTS) is 1. The standard InChI is InChI=1S/C14H23N3O2/c1-15(2)10-11-16-8-5-12(6-9-16)17-7-3-4-13(17)14(18)19/h3-4,7,12H,5-6,8-11H2,1-2H3,(H,18,19). The number of carboxylic acids is 1. The molecule has 1 N–H and O–H groups in total. The van der Waals surface area contributed by atoms with Gasteiger partial charge in [0.1, 0.15) is 5.69 Å². The minimum atomic E-state index is -0.833. The molecular weight excluding hydrogens is 242 g/mol. The Morgan fingerprint density at radius 2 is 2.11 bits per heavy atom. The number of piperidine rings is 1. The number of likely N-dealkylation sites (tertiary alicyclic amines) is 1. The van der Waals surface area contributed by atoms with Gasteiger partial charge in [-0.1, -0.05) is 0 Å². The molecule has 0 amide bonds. The molecule has 1 aromatic rings. The van der Waals surface area contributed by atoms with E-state index in [1.807, 2.05) is 16.8 Å². The molecule has 5 nitrogen and oxygen atoms in total. The van der Waals surface area contributed by atoms with Gasteiger partial charge in [-0.3, -0.25) is 0 Å². The van der Waals surface area contributed by atoms with E-state index in [9.17, 15) is 4.79 Å². The average molecular weight is 265 g/mol. The van der Waals surface area contributed by atoms with Gasteiger partial charge in [0.2, 0.25) is 0 Å². The van der Waals surface area contributed by atoms with E-state index in [0.29, 0.717) is 11.7 Å². The summed E-state index contributed by atoms with van der Waals surface area (Å²) in [4.78, 5) is 15.8. The fraction of sp³-hybridized carbons (Fsp3) is 0.643. The van der Waals surface area contributed by atoms with Gasteiger partial charge in [-0.15, -0.1) is 0 Å². The number of nitrogens with zero attached hydrogens (tertiary/aromatic N) is 3. The number of hydrogen-bond acceptors (Lipinski definition) is 3. The molecule has 2 rings (SSSR count). The molecule has 0 unspecified atom stereocenters. The van der Waals surface area contributed by atoms with Crippen molar-refractivity contribution >= 4 is 5.97 Å². The van der Waals surface area contributed by atoms with Crippen LogP contribution in [-0.2, 0) is 0 Å². The Kier molecular flexibility index (Phi) is 4.61. The van der Waals surface area contributed by atoms with Crippen LogP contribution >= 0.6 is 0 Å². The average Bonchev–Trinajstić information content (AvgIpc) is 2.86. The highest BCUT2D eigenvalue weighted by Gasteiger charge is 2.22. The molecule has 0 radical (unpaired) electrons. The molecule has 19 heavy (non-hydrogen) atoms. The first-order chi connectivity index (χ1) is 9.08. The lowest BCUT2D eigenvalue weighted by molar-refractivity contribution is 0.0678. The quantitative estimate of drug-likeness (QED) is 0.874. The van der Waals surface area contributed by atoms with E-state index in [1.165, 1.54) is 0 Å². The van der Waals surface area contributed by atoms with Crippen LogP contribution in [0.3, 0.4) is 0 Å². The van der Waals surface area contributed by atoms with Gasteiger partial charge in [0.15, 0.2) is 0 Å². The van der Waals surface area contributed by atoms with Crippen LogP contribution in [0.5, 0.6) is 0 Å². The van der Waals surface area contributed by atoms with Crippen LogP contribution in [0.4, 0.5) is 0 Å². The van der Waals surface area contributed by atoms with Crippen LogP contribution in [0, 0.1) is 0 Å². The van der Waals surface area contributed by atoms with Gasteiger partial charge < -0.3 is 19.5 Å². The van der Waals surface area contributed by atoms with Gasteiger partial charge in [-0.05, 0) is 39.1 Å². The largest absolute Gasteiger partial charge is 0.477 e. The van der Waals surface area contributed by atoms with Crippen LogP contribution in [0.25, 0.3) is 0 Å². The van der Waals surface area contributed by atoms with E-state index < -0.39 is 5.97 Å². The molecule has 1 aromatic heterocycles. The maximum atomic E-state index is 11.1. The fourth-order valence-electron chi connectivity index (χ4n) is 2.66. The summed E-state index contributed by atoms with van der Waals surface area (Å²) in [7, 11) is 4.18. The molecule has 0 aliphatic carbocycles. The number of aromatic carboxylic acids is 1. The molecule has 1 fully saturated rings. The smallest absolute Gasteiger partial charge is 0.352 e. The van der Waals surface area contributed by atoms with Crippen molar-refractivity contribution in [3.8, 4) is 0 Å². The minimum Gasteiger partial charge on any atom is -0.477 e. The Morgan fingerprint density at radius 1 is 1.42 bits per heavy atom. The molecular formula is C14H23N3O2. The molecule has 5 heteroatoms. The lowest BCUT2D eigenvalue weighted by Crippen LogP contribution is -2.38. The second-order valence-electron chi connectivity index (χ2n) is 5.48. The molecule has 0 spiro atoms. The summed E-state index contributed by atoms with van der Waals surface area (Å²) in [5.74, 6) is -0.833. The van der Waals surface area contributed by atoms with Gasteiger partial charge in [-0.2, -0.15) is 0 Å². The predicted molar refractivity (Wildman–Crippen MR) is 74.7 cm³/mol. The number of carbonyl (C=O) groups is 1. The topological polar surface area (TPSA) is 48.7 Å². The molecule has 2 heterocycles. The second kappa shape index (κ2) is 6.21. The van der Waals surface area contributed by atoms with Crippen LogP contribution in [-0.4, -0.2) is 65.7 Å². The van der Waals surface area contributed by atoms with Crippen molar-refractivity contribution in [2.45, 2.75) is 18.9 Å². The molecule has 1 aliphatic heterocycles. The molecule has 0 bridgehead atoms. The van der Waals surface area contributed by atoms with Crippen molar-refractivity contribution in [1.29, 1.82) is 0 Å². The number of hydrogen-bond donors (Lipinski definition) is 1. The molecule has 1 saturated heterocycles. The van der Waals surface area contributed by atoms with E-state index >= 15 is 0 Å². The molecule has 1 aliphatic rings. The Hall–Kier alpha value is -1.33. The van der Waals surface area contributed by atoms with Crippen molar-refractivity contribution in [3.05, 3.63) is 24.0 Å². The molecule has 0 saturated carbocycles.